The Kier molecular flexibility index (Phi) is 4.08. The number of hydrogen-bond donors (Lipinski definition) is 0. The Balaban J connectivity index is 2.11. The fourth-order valence-corrected chi connectivity index (χ4v) is 3.88. The van der Waals surface area contributed by atoms with Gasteiger partial charge in [0.1, 0.15) is 5.75 Å². The molecule has 106 valence electrons. The third kappa shape index (κ3) is 2.61. The van der Waals surface area contributed by atoms with Crippen LogP contribution in [0.4, 0.5) is 0 Å². The monoisotopic (exact) mass is 360 g/mol. The molecular weight excluding hydrogens is 348 g/mol. The van der Waals surface area contributed by atoms with E-state index in [1.54, 1.807) is 11.3 Å². The molecule has 4 heteroatoms. The van der Waals surface area contributed by atoms with Crippen LogP contribution >= 0.6 is 27.3 Å². The molecule has 3 aromatic rings. The van der Waals surface area contributed by atoms with Crippen LogP contribution in [0.3, 0.4) is 0 Å². The van der Waals surface area contributed by atoms with E-state index in [4.69, 9.17) is 4.74 Å². The van der Waals surface area contributed by atoms with Crippen LogP contribution in [0.25, 0.3) is 10.1 Å². The lowest BCUT2D eigenvalue weighted by molar-refractivity contribution is 0.103. The van der Waals surface area contributed by atoms with Crippen LogP contribution < -0.4 is 4.74 Å². The van der Waals surface area contributed by atoms with Crippen LogP contribution in [0, 0.1) is 0 Å². The average molecular weight is 361 g/mol. The Labute approximate surface area is 135 Å². The number of ether oxygens (including phenoxy) is 1. The molecule has 0 aliphatic heterocycles. The van der Waals surface area contributed by atoms with Crippen molar-refractivity contribution in [3.8, 4) is 5.75 Å². The molecule has 0 atom stereocenters. The molecule has 1 heterocycles. The first-order valence-corrected chi connectivity index (χ1v) is 8.32. The molecular formula is C17H13BrO2S. The van der Waals surface area contributed by atoms with Crippen molar-refractivity contribution in [2.45, 2.75) is 6.92 Å². The van der Waals surface area contributed by atoms with Crippen molar-refractivity contribution in [3.05, 3.63) is 63.4 Å². The van der Waals surface area contributed by atoms with Crippen LogP contribution in [-0.4, -0.2) is 12.4 Å². The summed E-state index contributed by atoms with van der Waals surface area (Å²) in [5.41, 5.74) is 1.34. The highest BCUT2D eigenvalue weighted by atomic mass is 79.9. The van der Waals surface area contributed by atoms with Crippen LogP contribution in [0.1, 0.15) is 22.8 Å². The second-order valence-electron chi connectivity index (χ2n) is 4.52. The van der Waals surface area contributed by atoms with E-state index in [-0.39, 0.29) is 5.78 Å². The number of ketones is 1. The second-order valence-corrected chi connectivity index (χ2v) is 6.26. The van der Waals surface area contributed by atoms with Crippen molar-refractivity contribution in [1.82, 2.24) is 0 Å². The maximum atomic E-state index is 12.8. The standard InChI is InChI=1S/C17H13BrO2S/c1-2-20-15-9-4-3-6-12(15)16(19)13-10-21-17-11(13)7-5-8-14(17)18/h3-10H,2H2,1H3. The highest BCUT2D eigenvalue weighted by Crippen LogP contribution is 2.34. The molecule has 2 aromatic carbocycles. The summed E-state index contributed by atoms with van der Waals surface area (Å²) < 4.78 is 7.67. The van der Waals surface area contributed by atoms with Gasteiger partial charge in [-0.3, -0.25) is 4.79 Å². The lowest BCUT2D eigenvalue weighted by atomic mass is 10.0. The van der Waals surface area contributed by atoms with Crippen molar-refractivity contribution in [2.75, 3.05) is 6.61 Å². The number of thiophene rings is 1. The number of halogens is 1. The molecule has 0 amide bonds. The molecule has 0 saturated heterocycles. The van der Waals surface area contributed by atoms with Gasteiger partial charge < -0.3 is 4.74 Å². The number of rotatable bonds is 4. The minimum atomic E-state index is 0.00315. The van der Waals surface area contributed by atoms with E-state index in [1.807, 2.05) is 54.8 Å². The lowest BCUT2D eigenvalue weighted by Gasteiger charge is -2.08. The molecule has 0 radical (unpaired) electrons. The molecule has 0 aliphatic carbocycles. The number of carbonyl (C=O) groups excluding carboxylic acids is 1. The Hall–Kier alpha value is -1.65. The first kappa shape index (κ1) is 14.3. The number of para-hydroxylation sites is 1. The van der Waals surface area contributed by atoms with Gasteiger partial charge in [0.2, 0.25) is 0 Å². The Morgan fingerprint density at radius 2 is 1.95 bits per heavy atom. The van der Waals surface area contributed by atoms with Crippen LogP contribution in [0.15, 0.2) is 52.3 Å². The van der Waals surface area contributed by atoms with Crippen molar-refractivity contribution < 1.29 is 9.53 Å². The first-order valence-electron chi connectivity index (χ1n) is 6.64. The zero-order valence-electron chi connectivity index (χ0n) is 11.4. The Morgan fingerprint density at radius 3 is 2.76 bits per heavy atom. The second kappa shape index (κ2) is 6.00. The Morgan fingerprint density at radius 1 is 1.14 bits per heavy atom. The molecule has 0 fully saturated rings. The maximum Gasteiger partial charge on any atom is 0.198 e. The van der Waals surface area contributed by atoms with Crippen LogP contribution in [0.2, 0.25) is 0 Å². The van der Waals surface area contributed by atoms with Crippen molar-refractivity contribution in [2.24, 2.45) is 0 Å². The normalized spacial score (nSPS) is 10.8. The van der Waals surface area contributed by atoms with Crippen molar-refractivity contribution in [1.29, 1.82) is 0 Å². The summed E-state index contributed by atoms with van der Waals surface area (Å²) >= 11 is 5.10. The zero-order chi connectivity index (χ0) is 14.8. The van der Waals surface area contributed by atoms with Gasteiger partial charge in [-0.05, 0) is 41.1 Å². The van der Waals surface area contributed by atoms with Crippen LogP contribution in [0.5, 0.6) is 5.75 Å². The summed E-state index contributed by atoms with van der Waals surface area (Å²) in [6.45, 7) is 2.46. The van der Waals surface area contributed by atoms with E-state index in [9.17, 15) is 4.79 Å². The molecule has 0 saturated carbocycles. The molecule has 0 N–H and O–H groups in total. The van der Waals surface area contributed by atoms with Gasteiger partial charge in [0.05, 0.1) is 12.2 Å². The van der Waals surface area contributed by atoms with Crippen molar-refractivity contribution in [3.63, 3.8) is 0 Å². The topological polar surface area (TPSA) is 26.3 Å². The fourth-order valence-electron chi connectivity index (χ4n) is 2.28. The number of hydrogen-bond acceptors (Lipinski definition) is 3. The number of fused-ring (bicyclic) bond motifs is 1. The Bertz CT molecular complexity index is 807. The molecule has 2 nitrogen and oxygen atoms in total. The largest absolute Gasteiger partial charge is 0.493 e. The molecule has 1 aromatic heterocycles. The molecule has 21 heavy (non-hydrogen) atoms. The molecule has 0 aliphatic rings. The van der Waals surface area contributed by atoms with E-state index < -0.39 is 0 Å². The molecule has 0 bridgehead atoms. The van der Waals surface area contributed by atoms with Gasteiger partial charge in [0, 0.05) is 25.5 Å². The minimum Gasteiger partial charge on any atom is -0.493 e. The summed E-state index contributed by atoms with van der Waals surface area (Å²) in [7, 11) is 0. The predicted molar refractivity (Wildman–Crippen MR) is 90.6 cm³/mol. The highest BCUT2D eigenvalue weighted by Gasteiger charge is 2.18. The fraction of sp³-hybridized carbons (Fsp3) is 0.118. The third-order valence-corrected chi connectivity index (χ3v) is 5.18. The van der Waals surface area contributed by atoms with Gasteiger partial charge >= 0.3 is 0 Å². The number of benzene rings is 2. The highest BCUT2D eigenvalue weighted by molar-refractivity contribution is 9.10. The average Bonchev–Trinajstić information content (AvgIpc) is 2.93. The van der Waals surface area contributed by atoms with Gasteiger partial charge in [-0.1, -0.05) is 24.3 Å². The summed E-state index contributed by atoms with van der Waals surface area (Å²) in [5, 5.41) is 2.89. The van der Waals surface area contributed by atoms with Gasteiger partial charge in [-0.2, -0.15) is 0 Å². The van der Waals surface area contributed by atoms with Crippen LogP contribution in [-0.2, 0) is 0 Å². The summed E-state index contributed by atoms with van der Waals surface area (Å²) in [6.07, 6.45) is 0. The SMILES string of the molecule is CCOc1ccccc1C(=O)c1csc2c(Br)cccc12. The summed E-state index contributed by atoms with van der Waals surface area (Å²) in [4.78, 5) is 12.8. The smallest absolute Gasteiger partial charge is 0.198 e. The van der Waals surface area contributed by atoms with E-state index in [1.165, 1.54) is 0 Å². The summed E-state index contributed by atoms with van der Waals surface area (Å²) in [6, 6.07) is 13.3. The summed E-state index contributed by atoms with van der Waals surface area (Å²) in [5.74, 6) is 0.641. The first-order chi connectivity index (χ1) is 10.2. The van der Waals surface area contributed by atoms with Gasteiger partial charge in [-0.25, -0.2) is 0 Å². The zero-order valence-corrected chi connectivity index (χ0v) is 13.8. The van der Waals surface area contributed by atoms with E-state index in [0.29, 0.717) is 17.9 Å². The minimum absolute atomic E-state index is 0.00315. The van der Waals surface area contributed by atoms with E-state index in [0.717, 1.165) is 20.1 Å². The van der Waals surface area contributed by atoms with E-state index in [2.05, 4.69) is 15.9 Å². The molecule has 3 rings (SSSR count). The maximum absolute atomic E-state index is 12.8. The van der Waals surface area contributed by atoms with Gasteiger partial charge in [0.15, 0.2) is 5.78 Å². The van der Waals surface area contributed by atoms with Gasteiger partial charge in [0.25, 0.3) is 0 Å². The molecule has 0 unspecified atom stereocenters. The van der Waals surface area contributed by atoms with E-state index >= 15 is 0 Å². The lowest BCUT2D eigenvalue weighted by Crippen LogP contribution is -2.04. The molecule has 0 spiro atoms. The van der Waals surface area contributed by atoms with Gasteiger partial charge in [-0.15, -0.1) is 11.3 Å². The van der Waals surface area contributed by atoms with Crippen molar-refractivity contribution >= 4 is 43.1 Å². The number of carbonyl (C=O) groups is 1. The predicted octanol–water partition coefficient (Wildman–Crippen LogP) is 5.29. The third-order valence-electron chi connectivity index (χ3n) is 3.23. The quantitative estimate of drug-likeness (QED) is 0.590.